The lowest BCUT2D eigenvalue weighted by Gasteiger charge is -2.17. The first-order valence-electron chi connectivity index (χ1n) is 5.46. The van der Waals surface area contributed by atoms with Crippen LogP contribution in [0.5, 0.6) is 0 Å². The van der Waals surface area contributed by atoms with Gasteiger partial charge in [0.25, 0.3) is 5.91 Å². The molecule has 1 rings (SSSR count). The normalized spacial score (nSPS) is 10.2. The number of carbonyl (C=O) groups is 3. The lowest BCUT2D eigenvalue weighted by Crippen LogP contribution is -2.40. The highest BCUT2D eigenvalue weighted by Crippen LogP contribution is 2.13. The molecule has 0 aliphatic carbocycles. The Kier molecular flexibility index (Phi) is 4.82. The van der Waals surface area contributed by atoms with Crippen LogP contribution in [0, 0.1) is 6.92 Å². The van der Waals surface area contributed by atoms with Crippen molar-refractivity contribution in [3.8, 4) is 0 Å². The average molecular weight is 262 g/mol. The zero-order valence-corrected chi connectivity index (χ0v) is 10.6. The average Bonchev–Trinajstić information content (AvgIpc) is 2.36. The minimum absolute atomic E-state index is 0.623. The number of benzene rings is 1. The molecule has 3 amide bonds. The Morgan fingerprint density at radius 3 is 2.26 bits per heavy atom. The van der Waals surface area contributed by atoms with E-state index in [0.717, 1.165) is 11.6 Å². The number of hydrogen-bond donors (Lipinski definition) is 2. The van der Waals surface area contributed by atoms with Gasteiger partial charge in [0.05, 0.1) is 0 Å². The van der Waals surface area contributed by atoms with Crippen molar-refractivity contribution in [2.24, 2.45) is 0 Å². The second-order valence-electron chi connectivity index (χ2n) is 3.86. The fourth-order valence-corrected chi connectivity index (χ4v) is 1.26. The van der Waals surface area contributed by atoms with Gasteiger partial charge in [-0.2, -0.15) is 0 Å². The predicted octanol–water partition coefficient (Wildman–Crippen LogP) is 1.31. The van der Waals surface area contributed by atoms with E-state index >= 15 is 0 Å². The Bertz CT molecular complexity index is 520. The molecule has 0 aliphatic heterocycles. The maximum atomic E-state index is 11.7. The van der Waals surface area contributed by atoms with Crippen molar-refractivity contribution in [3.63, 3.8) is 0 Å². The van der Waals surface area contributed by atoms with Crippen LogP contribution in [0.15, 0.2) is 36.4 Å². The molecule has 19 heavy (non-hydrogen) atoms. The molecule has 0 aromatic heterocycles. The molecule has 0 radical (unpaired) electrons. The van der Waals surface area contributed by atoms with Gasteiger partial charge in [-0.1, -0.05) is 17.7 Å². The number of carbonyl (C=O) groups excluding carboxylic acids is 2. The molecule has 0 fully saturated rings. The maximum Gasteiger partial charge on any atom is 0.328 e. The predicted molar refractivity (Wildman–Crippen MR) is 69.9 cm³/mol. The van der Waals surface area contributed by atoms with E-state index in [1.54, 1.807) is 12.1 Å². The van der Waals surface area contributed by atoms with Crippen LogP contribution in [0.2, 0.25) is 0 Å². The summed E-state index contributed by atoms with van der Waals surface area (Å²) in [6.07, 6.45) is 1.44. The first-order valence-corrected chi connectivity index (χ1v) is 5.46. The summed E-state index contributed by atoms with van der Waals surface area (Å²) in [6.45, 7) is 1.92. The maximum absolute atomic E-state index is 11.7. The van der Waals surface area contributed by atoms with Crippen molar-refractivity contribution >= 4 is 23.6 Å². The Morgan fingerprint density at radius 1 is 1.16 bits per heavy atom. The van der Waals surface area contributed by atoms with Crippen molar-refractivity contribution in [1.82, 2.24) is 5.32 Å². The van der Waals surface area contributed by atoms with Gasteiger partial charge in [-0.25, -0.2) is 9.59 Å². The molecular formula is C13H14N2O4. The SMILES string of the molecule is Cc1ccc(N(C)C(=O)NC(=O)C=CC(=O)O)cc1. The number of amides is 3. The number of urea groups is 1. The van der Waals surface area contributed by atoms with Crippen LogP contribution in [0.25, 0.3) is 0 Å². The second kappa shape index (κ2) is 6.34. The fraction of sp³-hybridized carbons (Fsp3) is 0.154. The first-order chi connectivity index (χ1) is 8.90. The summed E-state index contributed by atoms with van der Waals surface area (Å²) in [7, 11) is 1.51. The van der Waals surface area contributed by atoms with Crippen LogP contribution in [0.4, 0.5) is 10.5 Å². The van der Waals surface area contributed by atoms with Crippen molar-refractivity contribution in [1.29, 1.82) is 0 Å². The van der Waals surface area contributed by atoms with Crippen LogP contribution in [-0.4, -0.2) is 30.1 Å². The third-order valence-electron chi connectivity index (χ3n) is 2.33. The smallest absolute Gasteiger partial charge is 0.328 e. The summed E-state index contributed by atoms with van der Waals surface area (Å²) in [5.41, 5.74) is 1.68. The van der Waals surface area contributed by atoms with Crippen LogP contribution in [0.1, 0.15) is 5.56 Å². The molecule has 6 heteroatoms. The molecule has 0 saturated heterocycles. The second-order valence-corrected chi connectivity index (χ2v) is 3.86. The molecule has 0 unspecified atom stereocenters. The minimum atomic E-state index is -1.26. The molecule has 1 aromatic rings. The summed E-state index contributed by atoms with van der Waals surface area (Å²) >= 11 is 0. The number of carboxylic acids is 1. The van der Waals surface area contributed by atoms with Gasteiger partial charge in [-0.3, -0.25) is 15.0 Å². The summed E-state index contributed by atoms with van der Waals surface area (Å²) < 4.78 is 0. The van der Waals surface area contributed by atoms with E-state index in [4.69, 9.17) is 5.11 Å². The number of carboxylic acid groups (broad SMARTS) is 1. The van der Waals surface area contributed by atoms with Gasteiger partial charge in [0.15, 0.2) is 0 Å². The number of rotatable bonds is 3. The van der Waals surface area contributed by atoms with Crippen molar-refractivity contribution in [2.45, 2.75) is 6.92 Å². The number of imide groups is 1. The molecule has 1 aromatic carbocycles. The van der Waals surface area contributed by atoms with Crippen LogP contribution < -0.4 is 10.2 Å². The summed E-state index contributed by atoms with van der Waals surface area (Å²) in [5, 5.41) is 10.4. The number of anilines is 1. The molecule has 0 saturated carbocycles. The number of aryl methyl sites for hydroxylation is 1. The van der Waals surface area contributed by atoms with Gasteiger partial charge >= 0.3 is 12.0 Å². The summed E-state index contributed by atoms with van der Waals surface area (Å²) in [6, 6.07) is 6.53. The van der Waals surface area contributed by atoms with Crippen molar-refractivity contribution in [3.05, 3.63) is 42.0 Å². The Hall–Kier alpha value is -2.63. The third-order valence-corrected chi connectivity index (χ3v) is 2.33. The molecule has 0 aliphatic rings. The van der Waals surface area contributed by atoms with Gasteiger partial charge in [-0.15, -0.1) is 0 Å². The van der Waals surface area contributed by atoms with Crippen molar-refractivity contribution < 1.29 is 19.5 Å². The quantitative estimate of drug-likeness (QED) is 0.804. The summed E-state index contributed by atoms with van der Waals surface area (Å²) in [4.78, 5) is 34.4. The Balaban J connectivity index is 2.65. The van der Waals surface area contributed by atoms with E-state index < -0.39 is 17.9 Å². The number of nitrogens with zero attached hydrogens (tertiary/aromatic N) is 1. The summed E-state index contributed by atoms with van der Waals surface area (Å²) in [5.74, 6) is -2.04. The van der Waals surface area contributed by atoms with Crippen LogP contribution in [-0.2, 0) is 9.59 Å². The van der Waals surface area contributed by atoms with Gasteiger partial charge < -0.3 is 5.11 Å². The van der Waals surface area contributed by atoms with Gasteiger partial charge in [0.2, 0.25) is 0 Å². The lowest BCUT2D eigenvalue weighted by atomic mass is 10.2. The zero-order valence-electron chi connectivity index (χ0n) is 10.6. The molecule has 0 spiro atoms. The van der Waals surface area contributed by atoms with E-state index in [9.17, 15) is 14.4 Å². The Labute approximate surface area is 110 Å². The van der Waals surface area contributed by atoms with E-state index in [-0.39, 0.29) is 0 Å². The van der Waals surface area contributed by atoms with Crippen LogP contribution >= 0.6 is 0 Å². The highest BCUT2D eigenvalue weighted by molar-refractivity contribution is 6.07. The van der Waals surface area contributed by atoms with Crippen LogP contribution in [0.3, 0.4) is 0 Å². The first kappa shape index (κ1) is 14.4. The largest absolute Gasteiger partial charge is 0.478 e. The van der Waals surface area contributed by atoms with E-state index in [0.29, 0.717) is 11.8 Å². The minimum Gasteiger partial charge on any atom is -0.478 e. The molecule has 2 N–H and O–H groups in total. The van der Waals surface area contributed by atoms with E-state index in [1.807, 2.05) is 24.4 Å². The molecule has 6 nitrogen and oxygen atoms in total. The molecule has 0 heterocycles. The molecule has 0 bridgehead atoms. The Morgan fingerprint density at radius 2 is 1.74 bits per heavy atom. The van der Waals surface area contributed by atoms with Gasteiger partial charge in [0.1, 0.15) is 0 Å². The van der Waals surface area contributed by atoms with Gasteiger partial charge in [-0.05, 0) is 19.1 Å². The van der Waals surface area contributed by atoms with Crippen molar-refractivity contribution in [2.75, 3.05) is 11.9 Å². The molecule has 100 valence electrons. The topological polar surface area (TPSA) is 86.7 Å². The number of aliphatic carboxylic acids is 1. The van der Waals surface area contributed by atoms with Gasteiger partial charge in [0, 0.05) is 24.9 Å². The number of nitrogens with one attached hydrogen (secondary N) is 1. The number of hydrogen-bond acceptors (Lipinski definition) is 3. The van der Waals surface area contributed by atoms with E-state index in [1.165, 1.54) is 11.9 Å². The fourth-order valence-electron chi connectivity index (χ4n) is 1.26. The third kappa shape index (κ3) is 4.63. The molecular weight excluding hydrogens is 248 g/mol. The standard InChI is InChI=1S/C13H14N2O4/c1-9-3-5-10(6-4-9)15(2)13(19)14-11(16)7-8-12(17)18/h3-8H,1-2H3,(H,17,18)(H,14,16,19). The monoisotopic (exact) mass is 262 g/mol. The highest BCUT2D eigenvalue weighted by atomic mass is 16.4. The zero-order chi connectivity index (χ0) is 14.4. The lowest BCUT2D eigenvalue weighted by molar-refractivity contribution is -0.131. The molecule has 0 atom stereocenters. The van der Waals surface area contributed by atoms with E-state index in [2.05, 4.69) is 0 Å². The highest BCUT2D eigenvalue weighted by Gasteiger charge is 2.12.